The van der Waals surface area contributed by atoms with E-state index in [0.29, 0.717) is 5.92 Å². The van der Waals surface area contributed by atoms with Crippen molar-refractivity contribution < 1.29 is 9.84 Å². The van der Waals surface area contributed by atoms with Crippen molar-refractivity contribution in [1.82, 2.24) is 4.98 Å². The second-order valence-corrected chi connectivity index (χ2v) is 5.13. The molecular weight excluding hydrogens is 228 g/mol. The van der Waals surface area contributed by atoms with Crippen LogP contribution in [-0.4, -0.2) is 35.9 Å². The van der Waals surface area contributed by atoms with Crippen molar-refractivity contribution in [3.8, 4) is 5.75 Å². The Morgan fingerprint density at radius 1 is 1.56 bits per heavy atom. The van der Waals surface area contributed by atoms with Crippen molar-refractivity contribution in [2.75, 3.05) is 24.6 Å². The van der Waals surface area contributed by atoms with Crippen LogP contribution in [0.3, 0.4) is 0 Å². The number of aliphatic hydroxyl groups is 1. The van der Waals surface area contributed by atoms with Crippen LogP contribution in [0.2, 0.25) is 0 Å². The van der Waals surface area contributed by atoms with E-state index >= 15 is 0 Å². The second kappa shape index (κ2) is 6.05. The molecule has 1 fully saturated rings. The van der Waals surface area contributed by atoms with E-state index in [0.717, 1.165) is 37.5 Å². The van der Waals surface area contributed by atoms with E-state index in [4.69, 9.17) is 4.74 Å². The van der Waals surface area contributed by atoms with Crippen LogP contribution < -0.4 is 9.64 Å². The Morgan fingerprint density at radius 3 is 3.11 bits per heavy atom. The Labute approximate surface area is 109 Å². The molecular formula is C14H22N2O2. The molecule has 1 aliphatic heterocycles. The minimum atomic E-state index is 0.145. The van der Waals surface area contributed by atoms with Gasteiger partial charge in [0.2, 0.25) is 0 Å². The van der Waals surface area contributed by atoms with Crippen LogP contribution >= 0.6 is 0 Å². The van der Waals surface area contributed by atoms with Crippen molar-refractivity contribution in [3.63, 3.8) is 0 Å². The lowest BCUT2D eigenvalue weighted by atomic mass is 9.99. The Bertz CT molecular complexity index is 382. The predicted octanol–water partition coefficient (Wildman–Crippen LogP) is 2.08. The maximum atomic E-state index is 9.29. The van der Waals surface area contributed by atoms with E-state index in [-0.39, 0.29) is 12.7 Å². The van der Waals surface area contributed by atoms with Gasteiger partial charge in [0.05, 0.1) is 6.10 Å². The van der Waals surface area contributed by atoms with E-state index < -0.39 is 0 Å². The summed E-state index contributed by atoms with van der Waals surface area (Å²) in [4.78, 5) is 6.67. The minimum Gasteiger partial charge on any atom is -0.487 e. The lowest BCUT2D eigenvalue weighted by molar-refractivity contribution is 0.206. The van der Waals surface area contributed by atoms with Crippen molar-refractivity contribution in [1.29, 1.82) is 0 Å². The largest absolute Gasteiger partial charge is 0.487 e. The molecule has 0 saturated carbocycles. The molecule has 0 aliphatic carbocycles. The third-order valence-electron chi connectivity index (χ3n) is 3.19. The predicted molar refractivity (Wildman–Crippen MR) is 72.0 cm³/mol. The van der Waals surface area contributed by atoms with Gasteiger partial charge < -0.3 is 14.7 Å². The summed E-state index contributed by atoms with van der Waals surface area (Å²) in [7, 11) is 0. The Hall–Kier alpha value is -1.29. The number of piperidine rings is 1. The van der Waals surface area contributed by atoms with Gasteiger partial charge in [0.25, 0.3) is 0 Å². The van der Waals surface area contributed by atoms with Gasteiger partial charge in [-0.1, -0.05) is 0 Å². The lowest BCUT2D eigenvalue weighted by Gasteiger charge is -2.33. The van der Waals surface area contributed by atoms with Crippen molar-refractivity contribution in [2.24, 2.45) is 5.92 Å². The molecule has 0 radical (unpaired) electrons. The summed E-state index contributed by atoms with van der Waals surface area (Å²) >= 11 is 0. The molecule has 0 aromatic carbocycles. The summed E-state index contributed by atoms with van der Waals surface area (Å²) in [6.07, 6.45) is 4.14. The highest BCUT2D eigenvalue weighted by atomic mass is 16.5. The van der Waals surface area contributed by atoms with Crippen LogP contribution in [0.1, 0.15) is 26.7 Å². The fraction of sp³-hybridized carbons (Fsp3) is 0.643. The highest BCUT2D eigenvalue weighted by Crippen LogP contribution is 2.29. The molecule has 0 bridgehead atoms. The monoisotopic (exact) mass is 250 g/mol. The first-order valence-corrected chi connectivity index (χ1v) is 6.68. The zero-order chi connectivity index (χ0) is 13.0. The third-order valence-corrected chi connectivity index (χ3v) is 3.19. The van der Waals surface area contributed by atoms with Gasteiger partial charge in [0, 0.05) is 25.9 Å². The maximum absolute atomic E-state index is 9.29. The SMILES string of the molecule is CC(C)Oc1cccnc1N1CCCC(CO)C1. The fourth-order valence-corrected chi connectivity index (χ4v) is 2.37. The number of ether oxygens (including phenoxy) is 1. The number of pyridine rings is 1. The number of hydrogen-bond acceptors (Lipinski definition) is 4. The minimum absolute atomic E-state index is 0.145. The molecule has 1 aromatic heterocycles. The summed E-state index contributed by atoms with van der Waals surface area (Å²) in [5.74, 6) is 2.10. The molecule has 1 N–H and O–H groups in total. The highest BCUT2D eigenvalue weighted by Gasteiger charge is 2.22. The van der Waals surface area contributed by atoms with Crippen LogP contribution in [0.5, 0.6) is 5.75 Å². The van der Waals surface area contributed by atoms with Gasteiger partial charge in [0.15, 0.2) is 11.6 Å². The molecule has 1 aromatic rings. The Kier molecular flexibility index (Phi) is 4.42. The van der Waals surface area contributed by atoms with Crippen LogP contribution in [0.15, 0.2) is 18.3 Å². The zero-order valence-electron chi connectivity index (χ0n) is 11.2. The summed E-state index contributed by atoms with van der Waals surface area (Å²) in [5.41, 5.74) is 0. The number of anilines is 1. The molecule has 2 heterocycles. The van der Waals surface area contributed by atoms with Gasteiger partial charge in [-0.3, -0.25) is 0 Å². The molecule has 1 aliphatic rings. The normalized spacial score (nSPS) is 20.2. The van der Waals surface area contributed by atoms with E-state index in [2.05, 4.69) is 9.88 Å². The Morgan fingerprint density at radius 2 is 2.39 bits per heavy atom. The average Bonchev–Trinajstić information content (AvgIpc) is 2.39. The van der Waals surface area contributed by atoms with Crippen LogP contribution in [0.4, 0.5) is 5.82 Å². The molecule has 1 unspecified atom stereocenters. The fourth-order valence-electron chi connectivity index (χ4n) is 2.37. The lowest BCUT2D eigenvalue weighted by Crippen LogP contribution is -2.37. The number of rotatable bonds is 4. The molecule has 0 amide bonds. The first kappa shape index (κ1) is 13.1. The van der Waals surface area contributed by atoms with Gasteiger partial charge in [0.1, 0.15) is 0 Å². The molecule has 1 saturated heterocycles. The topological polar surface area (TPSA) is 45.6 Å². The van der Waals surface area contributed by atoms with Gasteiger partial charge >= 0.3 is 0 Å². The molecule has 2 rings (SSSR count). The maximum Gasteiger partial charge on any atom is 0.171 e. The number of hydrogen-bond donors (Lipinski definition) is 1. The third kappa shape index (κ3) is 3.13. The van der Waals surface area contributed by atoms with Crippen LogP contribution in [0, 0.1) is 5.92 Å². The first-order valence-electron chi connectivity index (χ1n) is 6.68. The quantitative estimate of drug-likeness (QED) is 0.888. The highest BCUT2D eigenvalue weighted by molar-refractivity contribution is 5.52. The molecule has 100 valence electrons. The van der Waals surface area contributed by atoms with E-state index in [9.17, 15) is 5.11 Å². The number of aromatic nitrogens is 1. The number of aliphatic hydroxyl groups excluding tert-OH is 1. The molecule has 1 atom stereocenters. The molecule has 4 heteroatoms. The average molecular weight is 250 g/mol. The summed E-state index contributed by atoms with van der Waals surface area (Å²) in [6, 6.07) is 3.86. The first-order chi connectivity index (χ1) is 8.70. The summed E-state index contributed by atoms with van der Waals surface area (Å²) < 4.78 is 5.80. The van der Waals surface area contributed by atoms with Crippen LogP contribution in [-0.2, 0) is 0 Å². The van der Waals surface area contributed by atoms with Crippen molar-refractivity contribution in [2.45, 2.75) is 32.8 Å². The van der Waals surface area contributed by atoms with Gasteiger partial charge in [-0.25, -0.2) is 4.98 Å². The molecule has 18 heavy (non-hydrogen) atoms. The van der Waals surface area contributed by atoms with E-state index in [1.54, 1.807) is 6.20 Å². The van der Waals surface area contributed by atoms with Crippen molar-refractivity contribution >= 4 is 5.82 Å². The smallest absolute Gasteiger partial charge is 0.171 e. The molecule has 0 spiro atoms. The standard InChI is InChI=1S/C14H22N2O2/c1-11(2)18-13-6-3-7-15-14(13)16-8-4-5-12(9-16)10-17/h3,6-7,11-12,17H,4-5,8-10H2,1-2H3. The van der Waals surface area contributed by atoms with E-state index in [1.807, 2.05) is 26.0 Å². The summed E-state index contributed by atoms with van der Waals surface area (Å²) in [5, 5.41) is 9.29. The van der Waals surface area contributed by atoms with Gasteiger partial charge in [-0.05, 0) is 44.7 Å². The number of nitrogens with zero attached hydrogens (tertiary/aromatic N) is 2. The van der Waals surface area contributed by atoms with Crippen LogP contribution in [0.25, 0.3) is 0 Å². The Balaban J connectivity index is 2.16. The zero-order valence-corrected chi connectivity index (χ0v) is 11.2. The molecule has 4 nitrogen and oxygen atoms in total. The van der Waals surface area contributed by atoms with Gasteiger partial charge in [-0.2, -0.15) is 0 Å². The van der Waals surface area contributed by atoms with Gasteiger partial charge in [-0.15, -0.1) is 0 Å². The van der Waals surface area contributed by atoms with Crippen molar-refractivity contribution in [3.05, 3.63) is 18.3 Å². The second-order valence-electron chi connectivity index (χ2n) is 5.13. The summed E-state index contributed by atoms with van der Waals surface area (Å²) in [6.45, 7) is 6.14. The van der Waals surface area contributed by atoms with E-state index in [1.165, 1.54) is 0 Å².